The first-order valence-electron chi connectivity index (χ1n) is 8.31. The second-order valence-corrected chi connectivity index (χ2v) is 7.56. The molecule has 1 N–H and O–H groups in total. The van der Waals surface area contributed by atoms with Crippen molar-refractivity contribution >= 4 is 28.8 Å². The molecule has 0 fully saturated rings. The highest BCUT2D eigenvalue weighted by Gasteiger charge is 2.09. The lowest BCUT2D eigenvalue weighted by atomic mass is 10.3. The van der Waals surface area contributed by atoms with E-state index in [1.807, 2.05) is 6.07 Å². The number of hydrogen-bond acceptors (Lipinski definition) is 5. The van der Waals surface area contributed by atoms with Crippen LogP contribution in [-0.2, 0) is 6.54 Å². The topological polar surface area (TPSA) is 81.8 Å². The molecule has 0 aromatic carbocycles. The zero-order valence-corrected chi connectivity index (χ0v) is 16.0. The van der Waals surface area contributed by atoms with Crippen molar-refractivity contribution in [2.75, 3.05) is 0 Å². The first kappa shape index (κ1) is 18.1. The van der Waals surface area contributed by atoms with E-state index < -0.39 is 0 Å². The third-order valence-corrected chi connectivity index (χ3v) is 5.19. The Kier molecular flexibility index (Phi) is 5.05. The third-order valence-electron chi connectivity index (χ3n) is 3.96. The summed E-state index contributed by atoms with van der Waals surface area (Å²) < 4.78 is 3.84. The molecule has 0 aliphatic heterocycles. The Hall–Kier alpha value is -3.23. The van der Waals surface area contributed by atoms with Gasteiger partial charge in [-0.05, 0) is 30.3 Å². The lowest BCUT2D eigenvalue weighted by molar-refractivity contribution is 0.0954. The van der Waals surface area contributed by atoms with Crippen molar-refractivity contribution in [3.8, 4) is 11.5 Å². The highest BCUT2D eigenvalue weighted by atomic mass is 35.5. The zero-order valence-electron chi connectivity index (χ0n) is 14.4. The van der Waals surface area contributed by atoms with E-state index in [2.05, 4.69) is 15.3 Å². The van der Waals surface area contributed by atoms with Crippen LogP contribution < -0.4 is 10.9 Å². The van der Waals surface area contributed by atoms with Gasteiger partial charge in [0, 0.05) is 18.5 Å². The van der Waals surface area contributed by atoms with E-state index in [1.165, 1.54) is 22.0 Å². The van der Waals surface area contributed by atoms with Gasteiger partial charge in [0.25, 0.3) is 11.5 Å². The van der Waals surface area contributed by atoms with Crippen LogP contribution in [0.4, 0.5) is 0 Å². The maximum atomic E-state index is 12.1. The Morgan fingerprint density at radius 1 is 1.14 bits per heavy atom. The molecule has 0 saturated carbocycles. The van der Waals surface area contributed by atoms with Gasteiger partial charge < -0.3 is 5.32 Å². The average molecular weight is 412 g/mol. The number of aromatic nitrogens is 4. The SMILES string of the molecule is O=C(NCc1cn(-c2ccc(-n3ccccc3=O)cn2)cn1)c1ccc(Cl)s1. The maximum absolute atomic E-state index is 12.1. The quantitative estimate of drug-likeness (QED) is 0.547. The Balaban J connectivity index is 1.45. The highest BCUT2D eigenvalue weighted by Crippen LogP contribution is 2.21. The molecule has 7 nitrogen and oxygen atoms in total. The van der Waals surface area contributed by atoms with Gasteiger partial charge in [0.2, 0.25) is 0 Å². The third kappa shape index (κ3) is 3.88. The number of amides is 1. The number of pyridine rings is 2. The Labute approximate surface area is 168 Å². The van der Waals surface area contributed by atoms with Crippen LogP contribution in [0.25, 0.3) is 11.5 Å². The first-order valence-corrected chi connectivity index (χ1v) is 9.50. The normalized spacial score (nSPS) is 10.8. The number of rotatable bonds is 5. The molecule has 0 atom stereocenters. The van der Waals surface area contributed by atoms with E-state index in [0.717, 1.165) is 0 Å². The maximum Gasteiger partial charge on any atom is 0.261 e. The first-order chi connectivity index (χ1) is 13.6. The van der Waals surface area contributed by atoms with Crippen molar-refractivity contribution in [1.82, 2.24) is 24.4 Å². The zero-order chi connectivity index (χ0) is 19.5. The van der Waals surface area contributed by atoms with E-state index in [0.29, 0.717) is 33.0 Å². The summed E-state index contributed by atoms with van der Waals surface area (Å²) >= 11 is 7.08. The Morgan fingerprint density at radius 3 is 2.75 bits per heavy atom. The Morgan fingerprint density at radius 2 is 2.04 bits per heavy atom. The molecule has 4 aromatic heterocycles. The molecule has 1 amide bonds. The van der Waals surface area contributed by atoms with Crippen molar-refractivity contribution in [2.24, 2.45) is 0 Å². The van der Waals surface area contributed by atoms with Crippen LogP contribution in [-0.4, -0.2) is 25.0 Å². The molecule has 0 spiro atoms. The largest absolute Gasteiger partial charge is 0.346 e. The summed E-state index contributed by atoms with van der Waals surface area (Å²) in [6.07, 6.45) is 6.73. The highest BCUT2D eigenvalue weighted by molar-refractivity contribution is 7.17. The molecule has 9 heteroatoms. The molecule has 0 unspecified atom stereocenters. The lowest BCUT2D eigenvalue weighted by Crippen LogP contribution is -2.21. The fourth-order valence-electron chi connectivity index (χ4n) is 2.59. The van der Waals surface area contributed by atoms with Crippen LogP contribution in [0, 0.1) is 0 Å². The standard InChI is InChI=1S/C19H14ClN5O2S/c20-16-6-5-15(28-16)19(27)22-9-13-11-24(12-23-13)17-7-4-14(10-21-17)25-8-2-1-3-18(25)26/h1-8,10-12H,9H2,(H,22,27). The van der Waals surface area contributed by atoms with Gasteiger partial charge in [-0.2, -0.15) is 0 Å². The molecule has 0 saturated heterocycles. The Bertz CT molecular complexity index is 1180. The molecule has 4 aromatic rings. The van der Waals surface area contributed by atoms with Crippen LogP contribution >= 0.6 is 22.9 Å². The summed E-state index contributed by atoms with van der Waals surface area (Å²) in [5, 5.41) is 2.81. The number of carbonyl (C=O) groups excluding carboxylic acids is 1. The summed E-state index contributed by atoms with van der Waals surface area (Å²) in [7, 11) is 0. The fraction of sp³-hybridized carbons (Fsp3) is 0.0526. The van der Waals surface area contributed by atoms with Crippen LogP contribution in [0.15, 0.2) is 72.2 Å². The van der Waals surface area contributed by atoms with Gasteiger partial charge in [-0.3, -0.25) is 18.7 Å². The molecule has 140 valence electrons. The smallest absolute Gasteiger partial charge is 0.261 e. The second-order valence-electron chi connectivity index (χ2n) is 5.84. The van der Waals surface area contributed by atoms with Crippen molar-refractivity contribution in [3.63, 3.8) is 0 Å². The van der Waals surface area contributed by atoms with Gasteiger partial charge in [0.1, 0.15) is 12.1 Å². The van der Waals surface area contributed by atoms with Gasteiger partial charge in [0.05, 0.1) is 33.3 Å². The lowest BCUT2D eigenvalue weighted by Gasteiger charge is -2.06. The van der Waals surface area contributed by atoms with Crippen molar-refractivity contribution < 1.29 is 4.79 Å². The van der Waals surface area contributed by atoms with Crippen molar-refractivity contribution in [1.29, 1.82) is 0 Å². The van der Waals surface area contributed by atoms with Crippen molar-refractivity contribution in [3.05, 3.63) is 92.6 Å². The molecule has 0 aliphatic rings. The molecule has 28 heavy (non-hydrogen) atoms. The summed E-state index contributed by atoms with van der Waals surface area (Å²) in [5.74, 6) is 0.463. The van der Waals surface area contributed by atoms with Crippen LogP contribution in [0.5, 0.6) is 0 Å². The van der Waals surface area contributed by atoms with Gasteiger partial charge in [-0.15, -0.1) is 11.3 Å². The van der Waals surface area contributed by atoms with Crippen LogP contribution in [0.1, 0.15) is 15.4 Å². The summed E-state index contributed by atoms with van der Waals surface area (Å²) in [5.41, 5.74) is 1.25. The predicted molar refractivity (Wildman–Crippen MR) is 107 cm³/mol. The number of nitrogens with one attached hydrogen (secondary N) is 1. The van der Waals surface area contributed by atoms with Gasteiger partial charge in [-0.1, -0.05) is 17.7 Å². The minimum Gasteiger partial charge on any atom is -0.346 e. The molecule has 0 bridgehead atoms. The molecular weight excluding hydrogens is 398 g/mol. The van der Waals surface area contributed by atoms with Crippen LogP contribution in [0.2, 0.25) is 4.34 Å². The monoisotopic (exact) mass is 411 g/mol. The predicted octanol–water partition coefficient (Wildman–Crippen LogP) is 3.06. The molecule has 0 aliphatic carbocycles. The molecule has 4 heterocycles. The number of nitrogens with zero attached hydrogens (tertiary/aromatic N) is 4. The van der Waals surface area contributed by atoms with Gasteiger partial charge >= 0.3 is 0 Å². The molecule has 0 radical (unpaired) electrons. The van der Waals surface area contributed by atoms with Gasteiger partial charge in [-0.25, -0.2) is 9.97 Å². The summed E-state index contributed by atoms with van der Waals surface area (Å²) in [6, 6.07) is 12.0. The van der Waals surface area contributed by atoms with E-state index in [-0.39, 0.29) is 11.5 Å². The summed E-state index contributed by atoms with van der Waals surface area (Å²) in [6.45, 7) is 0.291. The van der Waals surface area contributed by atoms with Gasteiger partial charge in [0.15, 0.2) is 0 Å². The molecular formula is C19H14ClN5O2S. The minimum atomic E-state index is -0.192. The molecule has 4 rings (SSSR count). The fourth-order valence-corrected chi connectivity index (χ4v) is 3.55. The number of halogens is 1. The number of hydrogen-bond donors (Lipinski definition) is 1. The van der Waals surface area contributed by atoms with E-state index in [1.54, 1.807) is 59.8 Å². The van der Waals surface area contributed by atoms with E-state index in [9.17, 15) is 9.59 Å². The minimum absolute atomic E-state index is 0.121. The summed E-state index contributed by atoms with van der Waals surface area (Å²) in [4.78, 5) is 33.2. The average Bonchev–Trinajstić information content (AvgIpc) is 3.36. The van der Waals surface area contributed by atoms with E-state index >= 15 is 0 Å². The van der Waals surface area contributed by atoms with Crippen LogP contribution in [0.3, 0.4) is 0 Å². The van der Waals surface area contributed by atoms with Crippen molar-refractivity contribution in [2.45, 2.75) is 6.54 Å². The number of imidazole rings is 1. The number of carbonyl (C=O) groups is 1. The number of thiophene rings is 1. The van der Waals surface area contributed by atoms with E-state index in [4.69, 9.17) is 11.6 Å². The second kappa shape index (κ2) is 7.79.